The van der Waals surface area contributed by atoms with E-state index in [4.69, 9.17) is 0 Å². The van der Waals surface area contributed by atoms with Crippen molar-refractivity contribution in [2.24, 2.45) is 5.41 Å². The zero-order valence-corrected chi connectivity index (χ0v) is 12.0. The number of nitrogens with zero attached hydrogens (tertiary/aromatic N) is 1. The molecule has 3 rings (SSSR count). The number of carbonyl (C=O) groups excluding carboxylic acids is 2. The normalized spacial score (nSPS) is 28.1. The summed E-state index contributed by atoms with van der Waals surface area (Å²) in [5.41, 5.74) is 0.235. The fourth-order valence-electron chi connectivity index (χ4n) is 3.75. The first-order chi connectivity index (χ1) is 9.28. The Hall–Kier alpha value is -1.71. The number of carbonyl (C=O) groups is 2. The molecule has 1 saturated carbocycles. The van der Waals surface area contributed by atoms with Gasteiger partial charge in [0.25, 0.3) is 0 Å². The average molecular weight is 275 g/mol. The Morgan fingerprint density at radius 1 is 1.25 bits per heavy atom. The topological polar surface area (TPSA) is 37.4 Å². The van der Waals surface area contributed by atoms with E-state index in [0.717, 1.165) is 11.3 Å². The van der Waals surface area contributed by atoms with Crippen molar-refractivity contribution < 1.29 is 14.0 Å². The van der Waals surface area contributed by atoms with Crippen LogP contribution in [0.2, 0.25) is 0 Å². The van der Waals surface area contributed by atoms with Gasteiger partial charge in [0.05, 0.1) is 5.41 Å². The fourth-order valence-corrected chi connectivity index (χ4v) is 3.75. The van der Waals surface area contributed by atoms with Crippen molar-refractivity contribution in [3.8, 4) is 0 Å². The summed E-state index contributed by atoms with van der Waals surface area (Å²) < 4.78 is 13.6. The van der Waals surface area contributed by atoms with Crippen LogP contribution in [0.3, 0.4) is 0 Å². The average Bonchev–Trinajstić information content (AvgIpc) is 2.57. The maximum Gasteiger partial charge on any atom is 0.237 e. The van der Waals surface area contributed by atoms with Gasteiger partial charge in [-0.05, 0) is 36.6 Å². The third-order valence-corrected chi connectivity index (χ3v) is 4.83. The van der Waals surface area contributed by atoms with Crippen LogP contribution >= 0.6 is 0 Å². The number of hydrogen-bond donors (Lipinski definition) is 0. The lowest BCUT2D eigenvalue weighted by atomic mass is 9.60. The van der Waals surface area contributed by atoms with Crippen LogP contribution in [0, 0.1) is 11.2 Å². The van der Waals surface area contributed by atoms with Crippen LogP contribution in [0.1, 0.15) is 38.7 Å². The number of likely N-dealkylation sites (N-methyl/N-ethyl adjacent to an activating group) is 1. The number of halogens is 1. The van der Waals surface area contributed by atoms with Gasteiger partial charge in [-0.3, -0.25) is 9.59 Å². The van der Waals surface area contributed by atoms with Gasteiger partial charge >= 0.3 is 0 Å². The summed E-state index contributed by atoms with van der Waals surface area (Å²) in [6, 6.07) is 4.49. The first kappa shape index (κ1) is 13.3. The third-order valence-electron chi connectivity index (χ3n) is 4.83. The molecule has 0 N–H and O–H groups in total. The Morgan fingerprint density at radius 3 is 2.60 bits per heavy atom. The van der Waals surface area contributed by atoms with Gasteiger partial charge in [-0.2, -0.15) is 0 Å². The van der Waals surface area contributed by atoms with Gasteiger partial charge in [0.1, 0.15) is 11.6 Å². The lowest BCUT2D eigenvalue weighted by molar-refractivity contribution is -0.135. The van der Waals surface area contributed by atoms with Crippen LogP contribution in [-0.2, 0) is 15.0 Å². The first-order valence-electron chi connectivity index (χ1n) is 6.89. The van der Waals surface area contributed by atoms with E-state index in [2.05, 4.69) is 0 Å². The van der Waals surface area contributed by atoms with Gasteiger partial charge in [0.15, 0.2) is 0 Å². The molecular formula is C16H18FNO2. The van der Waals surface area contributed by atoms with Gasteiger partial charge in [-0.25, -0.2) is 4.39 Å². The van der Waals surface area contributed by atoms with Gasteiger partial charge in [-0.1, -0.05) is 13.8 Å². The summed E-state index contributed by atoms with van der Waals surface area (Å²) in [7, 11) is 1.72. The summed E-state index contributed by atoms with van der Waals surface area (Å²) in [4.78, 5) is 26.4. The molecule has 1 unspecified atom stereocenters. The van der Waals surface area contributed by atoms with Crippen LogP contribution in [0.15, 0.2) is 18.2 Å². The van der Waals surface area contributed by atoms with E-state index < -0.39 is 10.8 Å². The third kappa shape index (κ3) is 1.57. The van der Waals surface area contributed by atoms with Crippen LogP contribution in [0.25, 0.3) is 0 Å². The number of benzene rings is 1. The van der Waals surface area contributed by atoms with E-state index in [1.54, 1.807) is 18.0 Å². The molecule has 1 heterocycles. The maximum atomic E-state index is 13.6. The predicted molar refractivity (Wildman–Crippen MR) is 74.1 cm³/mol. The van der Waals surface area contributed by atoms with Gasteiger partial charge in [0.2, 0.25) is 5.91 Å². The molecule has 3 nitrogen and oxygen atoms in total. The lowest BCUT2D eigenvalue weighted by Gasteiger charge is -2.40. The molecule has 0 aromatic heterocycles. The maximum absolute atomic E-state index is 13.6. The largest absolute Gasteiger partial charge is 0.314 e. The van der Waals surface area contributed by atoms with Crippen molar-refractivity contribution in [1.82, 2.24) is 0 Å². The Morgan fingerprint density at radius 2 is 1.95 bits per heavy atom. The molecule has 0 radical (unpaired) electrons. The minimum atomic E-state index is -0.733. The van der Waals surface area contributed by atoms with Crippen molar-refractivity contribution in [3.05, 3.63) is 29.6 Å². The minimum Gasteiger partial charge on any atom is -0.314 e. The Labute approximate surface area is 117 Å². The van der Waals surface area contributed by atoms with Crippen molar-refractivity contribution >= 4 is 17.4 Å². The smallest absolute Gasteiger partial charge is 0.237 e. The fraction of sp³-hybridized carbons (Fsp3) is 0.500. The summed E-state index contributed by atoms with van der Waals surface area (Å²) >= 11 is 0. The molecule has 1 amide bonds. The van der Waals surface area contributed by atoms with Crippen LogP contribution in [-0.4, -0.2) is 18.7 Å². The standard InChI is InChI=1S/C16H18FNO2/c1-15(2)9-16(7-6-13(15)19)11-8-10(17)4-5-12(11)18(3)14(16)20/h4-5,8H,6-7,9H2,1-3H3. The highest BCUT2D eigenvalue weighted by Crippen LogP contribution is 2.53. The van der Waals surface area contributed by atoms with Crippen molar-refractivity contribution in [3.63, 3.8) is 0 Å². The summed E-state index contributed by atoms with van der Waals surface area (Å²) in [5, 5.41) is 0. The van der Waals surface area contributed by atoms with Crippen LogP contribution < -0.4 is 4.90 Å². The minimum absolute atomic E-state index is 0.0151. The molecule has 1 fully saturated rings. The molecule has 1 aliphatic heterocycles. The van der Waals surface area contributed by atoms with E-state index in [-0.39, 0.29) is 17.5 Å². The number of anilines is 1. The van der Waals surface area contributed by atoms with Gasteiger partial charge in [0, 0.05) is 24.6 Å². The zero-order valence-electron chi connectivity index (χ0n) is 12.0. The van der Waals surface area contributed by atoms with E-state index in [9.17, 15) is 14.0 Å². The molecule has 1 aromatic rings. The number of rotatable bonds is 0. The molecule has 106 valence electrons. The Balaban J connectivity index is 2.17. The number of fused-ring (bicyclic) bond motifs is 2. The van der Waals surface area contributed by atoms with Crippen molar-refractivity contribution in [1.29, 1.82) is 0 Å². The first-order valence-corrected chi connectivity index (χ1v) is 6.89. The molecule has 4 heteroatoms. The second-order valence-electron chi connectivity index (χ2n) is 6.59. The van der Waals surface area contributed by atoms with Crippen LogP contribution in [0.4, 0.5) is 10.1 Å². The molecule has 1 spiro atoms. The van der Waals surface area contributed by atoms with Crippen LogP contribution in [0.5, 0.6) is 0 Å². The predicted octanol–water partition coefficient (Wildman–Crippen LogP) is 2.82. The molecule has 20 heavy (non-hydrogen) atoms. The second kappa shape index (κ2) is 3.90. The van der Waals surface area contributed by atoms with Crippen molar-refractivity contribution in [2.75, 3.05) is 11.9 Å². The Bertz CT molecular complexity index is 623. The highest BCUT2D eigenvalue weighted by Gasteiger charge is 2.55. The van der Waals surface area contributed by atoms with E-state index in [1.807, 2.05) is 13.8 Å². The second-order valence-corrected chi connectivity index (χ2v) is 6.59. The molecule has 0 saturated heterocycles. The molecule has 1 aliphatic carbocycles. The SMILES string of the molecule is CN1C(=O)C2(CCC(=O)C(C)(C)C2)c2cc(F)ccc21. The molecular weight excluding hydrogens is 257 g/mol. The molecule has 0 bridgehead atoms. The Kier molecular flexibility index (Phi) is 2.59. The highest BCUT2D eigenvalue weighted by atomic mass is 19.1. The molecule has 1 atom stereocenters. The summed E-state index contributed by atoms with van der Waals surface area (Å²) in [6.45, 7) is 3.75. The summed E-state index contributed by atoms with van der Waals surface area (Å²) in [5.74, 6) is -0.164. The van der Waals surface area contributed by atoms with Gasteiger partial charge < -0.3 is 4.90 Å². The molecule has 1 aromatic carbocycles. The number of hydrogen-bond acceptors (Lipinski definition) is 2. The van der Waals surface area contributed by atoms with Crippen molar-refractivity contribution in [2.45, 2.75) is 38.5 Å². The van der Waals surface area contributed by atoms with Gasteiger partial charge in [-0.15, -0.1) is 0 Å². The zero-order chi connectivity index (χ0) is 14.7. The number of Topliss-reactive ketones (excluding diaryl/α,β-unsaturated/α-hetero) is 1. The number of amides is 1. The quantitative estimate of drug-likeness (QED) is 0.730. The number of ketones is 1. The van der Waals surface area contributed by atoms with E-state index in [1.165, 1.54) is 12.1 Å². The van der Waals surface area contributed by atoms with E-state index >= 15 is 0 Å². The van der Waals surface area contributed by atoms with E-state index in [0.29, 0.717) is 19.3 Å². The lowest BCUT2D eigenvalue weighted by Crippen LogP contribution is -2.48. The molecule has 2 aliphatic rings. The highest BCUT2D eigenvalue weighted by molar-refractivity contribution is 6.09. The summed E-state index contributed by atoms with van der Waals surface area (Å²) in [6.07, 6.45) is 1.32. The monoisotopic (exact) mass is 275 g/mol.